The summed E-state index contributed by atoms with van der Waals surface area (Å²) in [5.41, 5.74) is 0.585. The molecule has 0 radical (unpaired) electrons. The average molecular weight is 291 g/mol. The lowest BCUT2D eigenvalue weighted by Gasteiger charge is -2.21. The first kappa shape index (κ1) is 16.2. The second-order valence-electron chi connectivity index (χ2n) is 4.13. The molecule has 21 heavy (non-hydrogen) atoms. The Bertz CT molecular complexity index is 516. The molecule has 1 rings (SSSR count). The number of urea groups is 1. The highest BCUT2D eigenvalue weighted by molar-refractivity contribution is 5.96. The fourth-order valence-electron chi connectivity index (χ4n) is 1.59. The highest BCUT2D eigenvalue weighted by Crippen LogP contribution is 2.12. The molecule has 7 heteroatoms. The number of rotatable bonds is 7. The van der Waals surface area contributed by atoms with Crippen LogP contribution in [0.2, 0.25) is 0 Å². The van der Waals surface area contributed by atoms with Crippen molar-refractivity contribution in [2.45, 2.75) is 0 Å². The van der Waals surface area contributed by atoms with Crippen molar-refractivity contribution < 1.29 is 19.5 Å². The van der Waals surface area contributed by atoms with E-state index >= 15 is 0 Å². The molecular formula is C14H17N3O4. The van der Waals surface area contributed by atoms with E-state index in [2.05, 4.69) is 17.2 Å². The molecule has 0 bridgehead atoms. The highest BCUT2D eigenvalue weighted by atomic mass is 16.4. The molecule has 0 saturated heterocycles. The van der Waals surface area contributed by atoms with E-state index in [4.69, 9.17) is 5.11 Å². The number of benzene rings is 1. The van der Waals surface area contributed by atoms with Crippen LogP contribution in [0.4, 0.5) is 10.5 Å². The second kappa shape index (κ2) is 8.36. The van der Waals surface area contributed by atoms with Crippen LogP contribution in [0, 0.1) is 0 Å². The summed E-state index contributed by atoms with van der Waals surface area (Å²) in [5.74, 6) is -1.66. The maximum atomic E-state index is 11.7. The van der Waals surface area contributed by atoms with E-state index in [0.29, 0.717) is 5.69 Å². The molecule has 112 valence electrons. The number of aliphatic carboxylic acids is 1. The van der Waals surface area contributed by atoms with E-state index < -0.39 is 17.9 Å². The van der Waals surface area contributed by atoms with Gasteiger partial charge in [-0.15, -0.1) is 6.58 Å². The Hall–Kier alpha value is -2.83. The number of anilines is 1. The third-order valence-electron chi connectivity index (χ3n) is 2.44. The zero-order chi connectivity index (χ0) is 15.7. The number of carbonyl (C=O) groups excluding carboxylic acids is 2. The standard InChI is InChI=1S/C14H17N3O4/c1-2-8-15-14(21)16-12(18)9-17(10-13(19)20)11-6-4-3-5-7-11/h2-7H,1,8-10H2,(H,19,20)(H2,15,16,18,21). The van der Waals surface area contributed by atoms with Crippen LogP contribution in [0.5, 0.6) is 0 Å². The van der Waals surface area contributed by atoms with E-state index in [-0.39, 0.29) is 19.6 Å². The Balaban J connectivity index is 2.64. The quantitative estimate of drug-likeness (QED) is 0.639. The van der Waals surface area contributed by atoms with Crippen molar-refractivity contribution in [1.29, 1.82) is 0 Å². The molecule has 7 nitrogen and oxygen atoms in total. The number of hydrogen-bond acceptors (Lipinski definition) is 4. The van der Waals surface area contributed by atoms with Gasteiger partial charge in [0.2, 0.25) is 5.91 Å². The van der Waals surface area contributed by atoms with E-state index in [0.717, 1.165) is 0 Å². The lowest BCUT2D eigenvalue weighted by atomic mass is 10.3. The van der Waals surface area contributed by atoms with Crippen LogP contribution in [-0.2, 0) is 9.59 Å². The highest BCUT2D eigenvalue weighted by Gasteiger charge is 2.16. The van der Waals surface area contributed by atoms with Crippen LogP contribution in [0.15, 0.2) is 43.0 Å². The molecule has 1 aromatic carbocycles. The summed E-state index contributed by atoms with van der Waals surface area (Å²) in [7, 11) is 0. The first-order chi connectivity index (χ1) is 10.0. The van der Waals surface area contributed by atoms with Gasteiger partial charge in [-0.05, 0) is 12.1 Å². The molecule has 0 unspecified atom stereocenters. The number of hydrogen-bond donors (Lipinski definition) is 3. The van der Waals surface area contributed by atoms with Gasteiger partial charge in [0.05, 0.1) is 6.54 Å². The Kier molecular flexibility index (Phi) is 6.46. The summed E-state index contributed by atoms with van der Waals surface area (Å²) < 4.78 is 0. The molecule has 0 aliphatic carbocycles. The third kappa shape index (κ3) is 6.24. The van der Waals surface area contributed by atoms with Crippen LogP contribution < -0.4 is 15.5 Å². The normalized spacial score (nSPS) is 9.52. The number of imide groups is 1. The van der Waals surface area contributed by atoms with Crippen molar-refractivity contribution in [3.05, 3.63) is 43.0 Å². The molecule has 0 atom stereocenters. The Morgan fingerprint density at radius 3 is 2.43 bits per heavy atom. The Labute approximate surface area is 122 Å². The molecule has 3 N–H and O–H groups in total. The van der Waals surface area contributed by atoms with E-state index in [1.54, 1.807) is 30.3 Å². The predicted molar refractivity (Wildman–Crippen MR) is 78.0 cm³/mol. The van der Waals surface area contributed by atoms with Gasteiger partial charge in [-0.2, -0.15) is 0 Å². The lowest BCUT2D eigenvalue weighted by molar-refractivity contribution is -0.135. The third-order valence-corrected chi connectivity index (χ3v) is 2.44. The van der Waals surface area contributed by atoms with Gasteiger partial charge in [0, 0.05) is 12.2 Å². The molecule has 0 aromatic heterocycles. The van der Waals surface area contributed by atoms with E-state index in [1.165, 1.54) is 11.0 Å². The zero-order valence-electron chi connectivity index (χ0n) is 11.4. The Morgan fingerprint density at radius 2 is 1.86 bits per heavy atom. The molecule has 1 aromatic rings. The number of carbonyl (C=O) groups is 3. The number of carboxylic acids is 1. The molecule has 0 fully saturated rings. The minimum absolute atomic E-state index is 0.233. The van der Waals surface area contributed by atoms with Crippen molar-refractivity contribution in [1.82, 2.24) is 10.6 Å². The molecule has 0 spiro atoms. The van der Waals surface area contributed by atoms with Gasteiger partial charge < -0.3 is 15.3 Å². The van der Waals surface area contributed by atoms with E-state index in [1.807, 2.05) is 0 Å². The van der Waals surface area contributed by atoms with Crippen molar-refractivity contribution in [3.63, 3.8) is 0 Å². The van der Waals surface area contributed by atoms with Gasteiger partial charge in [-0.3, -0.25) is 14.9 Å². The van der Waals surface area contributed by atoms with Gasteiger partial charge in [-0.25, -0.2) is 4.79 Å². The fraction of sp³-hybridized carbons (Fsp3) is 0.214. The van der Waals surface area contributed by atoms with Crippen LogP contribution in [-0.4, -0.2) is 42.6 Å². The summed E-state index contributed by atoms with van der Waals surface area (Å²) in [5, 5.41) is 13.4. The van der Waals surface area contributed by atoms with Crippen LogP contribution >= 0.6 is 0 Å². The fourth-order valence-corrected chi connectivity index (χ4v) is 1.59. The number of carboxylic acid groups (broad SMARTS) is 1. The second-order valence-corrected chi connectivity index (χ2v) is 4.13. The first-order valence-corrected chi connectivity index (χ1v) is 6.23. The summed E-state index contributed by atoms with van der Waals surface area (Å²) in [6.45, 7) is 3.08. The summed E-state index contributed by atoms with van der Waals surface area (Å²) in [6, 6.07) is 7.98. The van der Waals surface area contributed by atoms with Gasteiger partial charge in [-0.1, -0.05) is 24.3 Å². The van der Waals surface area contributed by atoms with Crippen molar-refractivity contribution in [3.8, 4) is 0 Å². The minimum Gasteiger partial charge on any atom is -0.480 e. The molecule has 0 aliphatic heterocycles. The van der Waals surface area contributed by atoms with Gasteiger partial charge in [0.15, 0.2) is 0 Å². The van der Waals surface area contributed by atoms with Gasteiger partial charge >= 0.3 is 12.0 Å². The van der Waals surface area contributed by atoms with Crippen molar-refractivity contribution in [2.24, 2.45) is 0 Å². The number of para-hydroxylation sites is 1. The van der Waals surface area contributed by atoms with E-state index in [9.17, 15) is 14.4 Å². The topological polar surface area (TPSA) is 98.7 Å². The minimum atomic E-state index is -1.07. The number of nitrogens with one attached hydrogen (secondary N) is 2. The summed E-state index contributed by atoms with van der Waals surface area (Å²) in [6.07, 6.45) is 1.48. The van der Waals surface area contributed by atoms with Crippen LogP contribution in [0.1, 0.15) is 0 Å². The van der Waals surface area contributed by atoms with Crippen LogP contribution in [0.25, 0.3) is 0 Å². The van der Waals surface area contributed by atoms with Crippen molar-refractivity contribution in [2.75, 3.05) is 24.5 Å². The van der Waals surface area contributed by atoms with Gasteiger partial charge in [0.25, 0.3) is 0 Å². The SMILES string of the molecule is C=CCNC(=O)NC(=O)CN(CC(=O)O)c1ccccc1. The van der Waals surface area contributed by atoms with Crippen LogP contribution in [0.3, 0.4) is 0 Å². The van der Waals surface area contributed by atoms with Gasteiger partial charge in [0.1, 0.15) is 6.54 Å². The monoisotopic (exact) mass is 291 g/mol. The Morgan fingerprint density at radius 1 is 1.19 bits per heavy atom. The maximum absolute atomic E-state index is 11.7. The smallest absolute Gasteiger partial charge is 0.323 e. The predicted octanol–water partition coefficient (Wildman–Crippen LogP) is 0.589. The lowest BCUT2D eigenvalue weighted by Crippen LogP contribution is -2.45. The number of amides is 3. The average Bonchev–Trinajstić information content (AvgIpc) is 2.44. The summed E-state index contributed by atoms with van der Waals surface area (Å²) >= 11 is 0. The summed E-state index contributed by atoms with van der Waals surface area (Å²) in [4.78, 5) is 35.3. The zero-order valence-corrected chi connectivity index (χ0v) is 11.4. The maximum Gasteiger partial charge on any atom is 0.323 e. The van der Waals surface area contributed by atoms with Crippen molar-refractivity contribution >= 4 is 23.6 Å². The molecule has 0 heterocycles. The molecule has 3 amide bonds. The molecule has 0 saturated carbocycles. The molecular weight excluding hydrogens is 274 g/mol. The number of nitrogens with zero attached hydrogens (tertiary/aromatic N) is 1. The first-order valence-electron chi connectivity index (χ1n) is 6.23. The molecule has 0 aliphatic rings. The largest absolute Gasteiger partial charge is 0.480 e.